The average Bonchev–Trinajstić information content (AvgIpc) is 3.15. The van der Waals surface area contributed by atoms with Gasteiger partial charge in [0.05, 0.1) is 5.71 Å². The fourth-order valence-corrected chi connectivity index (χ4v) is 8.08. The zero-order valence-corrected chi connectivity index (χ0v) is 20.6. The third-order valence-corrected chi connectivity index (χ3v) is 9.79. The number of carbonyl (C=O) groups excluding carboxylic acids is 2. The van der Waals surface area contributed by atoms with Gasteiger partial charge in [-0.1, -0.05) is 24.6 Å². The molecule has 3 saturated carbocycles. The molecule has 184 valence electrons. The average molecular weight is 459 g/mol. The minimum absolute atomic E-state index is 0.192. The van der Waals surface area contributed by atoms with Crippen LogP contribution < -0.4 is 11.5 Å². The van der Waals surface area contributed by atoms with Crippen LogP contribution in [0.15, 0.2) is 16.8 Å². The molecule has 0 radical (unpaired) electrons. The van der Waals surface area contributed by atoms with Crippen LogP contribution in [0.3, 0.4) is 0 Å². The molecular weight excluding hydrogens is 416 g/mol. The highest BCUT2D eigenvalue weighted by Crippen LogP contribution is 2.66. The van der Waals surface area contributed by atoms with E-state index >= 15 is 0 Å². The van der Waals surface area contributed by atoms with Gasteiger partial charge in [0.1, 0.15) is 0 Å². The molecule has 0 heterocycles. The van der Waals surface area contributed by atoms with Crippen molar-refractivity contribution in [3.05, 3.63) is 11.6 Å². The smallest absolute Gasteiger partial charge is 0.329 e. The van der Waals surface area contributed by atoms with Crippen molar-refractivity contribution in [3.8, 4) is 0 Å². The van der Waals surface area contributed by atoms with Crippen LogP contribution in [-0.2, 0) is 9.63 Å². The van der Waals surface area contributed by atoms with Crippen LogP contribution in [0.5, 0.6) is 0 Å². The van der Waals surface area contributed by atoms with Crippen LogP contribution in [0.1, 0.15) is 72.1 Å². The number of hydrogen-bond donors (Lipinski definition) is 2. The SMILES string of the molecule is C/C(=N\OC(=O)N(CCN)CCN)[C@H]1CC[C@H]2[C@@H]3CCC4=CC(=O)CC[C@]4(C)[C@H]3CC[C@]12C. The maximum Gasteiger partial charge on any atom is 0.436 e. The first-order chi connectivity index (χ1) is 15.7. The van der Waals surface area contributed by atoms with E-state index in [1.807, 2.05) is 13.0 Å². The lowest BCUT2D eigenvalue weighted by Gasteiger charge is -2.58. The summed E-state index contributed by atoms with van der Waals surface area (Å²) >= 11 is 0. The first kappa shape index (κ1) is 24.4. The van der Waals surface area contributed by atoms with Gasteiger partial charge >= 0.3 is 6.09 Å². The molecule has 0 spiro atoms. The number of amides is 1. The Morgan fingerprint density at radius 2 is 1.82 bits per heavy atom. The van der Waals surface area contributed by atoms with Gasteiger partial charge in [-0.25, -0.2) is 4.79 Å². The molecule has 4 aliphatic carbocycles. The zero-order chi connectivity index (χ0) is 23.8. The summed E-state index contributed by atoms with van der Waals surface area (Å²) in [4.78, 5) is 31.4. The quantitative estimate of drug-likeness (QED) is 0.357. The van der Waals surface area contributed by atoms with Crippen LogP contribution in [0.2, 0.25) is 0 Å². The maximum absolute atomic E-state index is 12.4. The van der Waals surface area contributed by atoms with Crippen molar-refractivity contribution in [2.75, 3.05) is 26.2 Å². The summed E-state index contributed by atoms with van der Waals surface area (Å²) in [5, 5.41) is 4.32. The molecule has 0 bridgehead atoms. The minimum atomic E-state index is -0.472. The number of fused-ring (bicyclic) bond motifs is 5. The second-order valence-electron chi connectivity index (χ2n) is 11.3. The van der Waals surface area contributed by atoms with Crippen molar-refractivity contribution in [3.63, 3.8) is 0 Å². The second kappa shape index (κ2) is 9.49. The van der Waals surface area contributed by atoms with Gasteiger partial charge in [0.2, 0.25) is 0 Å². The molecule has 7 nitrogen and oxygen atoms in total. The molecule has 0 saturated heterocycles. The van der Waals surface area contributed by atoms with Gasteiger partial charge in [0, 0.05) is 38.5 Å². The van der Waals surface area contributed by atoms with E-state index in [4.69, 9.17) is 16.3 Å². The van der Waals surface area contributed by atoms with Gasteiger partial charge in [-0.2, -0.15) is 0 Å². The lowest BCUT2D eigenvalue weighted by Crippen LogP contribution is -2.51. The molecular formula is C26H42N4O3. The number of oxime groups is 1. The summed E-state index contributed by atoms with van der Waals surface area (Å²) < 4.78 is 0. The minimum Gasteiger partial charge on any atom is -0.329 e. The second-order valence-corrected chi connectivity index (χ2v) is 11.3. The summed E-state index contributed by atoms with van der Waals surface area (Å²) in [7, 11) is 0. The molecule has 3 fully saturated rings. The molecule has 0 aromatic heterocycles. The van der Waals surface area contributed by atoms with Crippen molar-refractivity contribution >= 4 is 17.6 Å². The van der Waals surface area contributed by atoms with Crippen molar-refractivity contribution < 1.29 is 14.4 Å². The number of ketones is 1. The Hall–Kier alpha value is -1.73. The Bertz CT molecular complexity index is 833. The number of nitrogens with zero attached hydrogens (tertiary/aromatic N) is 2. The molecule has 33 heavy (non-hydrogen) atoms. The summed E-state index contributed by atoms with van der Waals surface area (Å²) in [6.07, 6.45) is 10.2. The highest BCUT2D eigenvalue weighted by molar-refractivity contribution is 5.91. The standard InChI is InChI=1S/C26H42N4O3/c1-17(29-33-24(32)30(14-12-27)15-13-28)21-6-7-22-20-5-4-18-16-19(31)8-10-25(18,2)23(20)9-11-26(21,22)3/h16,20-23H,4-15,27-28H2,1-3H3/b29-17+/t20-,21+,22-,23-,25-,26+/m0/s1. The predicted molar refractivity (Wildman–Crippen MR) is 129 cm³/mol. The van der Waals surface area contributed by atoms with E-state index in [1.54, 1.807) is 0 Å². The van der Waals surface area contributed by atoms with Crippen LogP contribution in [-0.4, -0.2) is 48.7 Å². The summed E-state index contributed by atoms with van der Waals surface area (Å²) in [6.45, 7) is 8.45. The van der Waals surface area contributed by atoms with Crippen LogP contribution >= 0.6 is 0 Å². The molecule has 4 aliphatic rings. The van der Waals surface area contributed by atoms with E-state index in [0.29, 0.717) is 62.1 Å². The van der Waals surface area contributed by atoms with E-state index in [2.05, 4.69) is 19.0 Å². The Morgan fingerprint density at radius 3 is 2.52 bits per heavy atom. The molecule has 0 aromatic carbocycles. The molecule has 0 aromatic rings. The molecule has 0 aliphatic heterocycles. The molecule has 4 rings (SSSR count). The fraction of sp³-hybridized carbons (Fsp3) is 0.808. The Kier molecular flexibility index (Phi) is 7.02. The topological polar surface area (TPSA) is 111 Å². The van der Waals surface area contributed by atoms with Gasteiger partial charge in [0.25, 0.3) is 0 Å². The van der Waals surface area contributed by atoms with Crippen molar-refractivity contribution in [2.24, 2.45) is 51.1 Å². The van der Waals surface area contributed by atoms with Gasteiger partial charge < -0.3 is 16.4 Å². The Morgan fingerprint density at radius 1 is 1.09 bits per heavy atom. The molecule has 6 atom stereocenters. The zero-order valence-electron chi connectivity index (χ0n) is 20.6. The van der Waals surface area contributed by atoms with E-state index in [1.165, 1.54) is 36.2 Å². The highest BCUT2D eigenvalue weighted by atomic mass is 16.7. The summed E-state index contributed by atoms with van der Waals surface area (Å²) in [5.41, 5.74) is 14.0. The number of nitrogens with two attached hydrogens (primary N) is 2. The van der Waals surface area contributed by atoms with Gasteiger partial charge in [-0.05, 0) is 86.5 Å². The normalized spacial score (nSPS) is 38.2. The van der Waals surface area contributed by atoms with Crippen LogP contribution in [0, 0.1) is 34.5 Å². The number of rotatable bonds is 6. The number of allylic oxidation sites excluding steroid dienone is 1. The van der Waals surface area contributed by atoms with E-state index in [0.717, 1.165) is 25.0 Å². The third-order valence-electron chi connectivity index (χ3n) is 9.79. The fourth-order valence-electron chi connectivity index (χ4n) is 8.08. The molecule has 1 amide bonds. The summed E-state index contributed by atoms with van der Waals surface area (Å²) in [6, 6.07) is 0. The highest BCUT2D eigenvalue weighted by Gasteiger charge is 2.59. The van der Waals surface area contributed by atoms with E-state index in [9.17, 15) is 9.59 Å². The summed E-state index contributed by atoms with van der Waals surface area (Å²) in [5.74, 6) is 2.72. The predicted octanol–water partition coefficient (Wildman–Crippen LogP) is 3.87. The lowest BCUT2D eigenvalue weighted by atomic mass is 9.46. The molecule has 4 N–H and O–H groups in total. The third kappa shape index (κ3) is 4.27. The van der Waals surface area contributed by atoms with Crippen LogP contribution in [0.4, 0.5) is 4.79 Å². The van der Waals surface area contributed by atoms with Crippen molar-refractivity contribution in [1.29, 1.82) is 0 Å². The van der Waals surface area contributed by atoms with Gasteiger partial charge in [-0.15, -0.1) is 0 Å². The monoisotopic (exact) mass is 458 g/mol. The van der Waals surface area contributed by atoms with E-state index in [-0.39, 0.29) is 10.8 Å². The first-order valence-electron chi connectivity index (χ1n) is 12.9. The van der Waals surface area contributed by atoms with Crippen molar-refractivity contribution in [2.45, 2.75) is 72.1 Å². The first-order valence-corrected chi connectivity index (χ1v) is 12.9. The van der Waals surface area contributed by atoms with Crippen molar-refractivity contribution in [1.82, 2.24) is 4.90 Å². The molecule has 7 heteroatoms. The maximum atomic E-state index is 12.4. The number of hydrogen-bond acceptors (Lipinski definition) is 6. The van der Waals surface area contributed by atoms with E-state index < -0.39 is 6.09 Å². The number of carbonyl (C=O) groups is 2. The lowest BCUT2D eigenvalue weighted by molar-refractivity contribution is -0.117. The van der Waals surface area contributed by atoms with Gasteiger partial charge in [0.15, 0.2) is 5.78 Å². The largest absolute Gasteiger partial charge is 0.436 e. The Balaban J connectivity index is 1.47. The van der Waals surface area contributed by atoms with Gasteiger partial charge in [-0.3, -0.25) is 9.63 Å². The Labute approximate surface area is 198 Å². The van der Waals surface area contributed by atoms with Crippen LogP contribution in [0.25, 0.3) is 0 Å². The molecule has 0 unspecified atom stereocenters.